The Bertz CT molecular complexity index is 448. The zero-order valence-corrected chi connectivity index (χ0v) is 13.0. The quantitative estimate of drug-likeness (QED) is 0.848. The number of nitrogens with two attached hydrogens (primary N) is 1. The molecule has 0 saturated carbocycles. The fourth-order valence-electron chi connectivity index (χ4n) is 2.50. The number of anilines is 1. The third-order valence-corrected chi connectivity index (χ3v) is 4.11. The van der Waals surface area contributed by atoms with E-state index in [0.717, 1.165) is 30.4 Å². The van der Waals surface area contributed by atoms with Crippen molar-refractivity contribution in [2.45, 2.75) is 18.9 Å². The number of benzene rings is 1. The largest absolute Gasteiger partial charge is 0.399 e. The number of hydrogen-bond donors (Lipinski definition) is 1. The fourth-order valence-corrected chi connectivity index (χ4v) is 3.01. The normalized spacial score (nSPS) is 16.9. The number of carbonyl (C=O) groups excluding carboxylic acids is 1. The lowest BCUT2D eigenvalue weighted by atomic mass is 10.0. The van der Waals surface area contributed by atoms with Crippen molar-refractivity contribution in [3.8, 4) is 0 Å². The first-order valence-corrected chi connectivity index (χ1v) is 7.28. The molecule has 1 aromatic rings. The lowest BCUT2D eigenvalue weighted by Gasteiger charge is -2.35. The zero-order valence-electron chi connectivity index (χ0n) is 11.4. The molecule has 1 saturated heterocycles. The summed E-state index contributed by atoms with van der Waals surface area (Å²) < 4.78 is 0.846. The van der Waals surface area contributed by atoms with Crippen LogP contribution in [0.1, 0.15) is 23.2 Å². The summed E-state index contributed by atoms with van der Waals surface area (Å²) in [5, 5.41) is 0. The van der Waals surface area contributed by atoms with E-state index in [1.807, 2.05) is 11.0 Å². The second-order valence-corrected chi connectivity index (χ2v) is 6.18. The van der Waals surface area contributed by atoms with Crippen molar-refractivity contribution in [3.05, 3.63) is 28.2 Å². The van der Waals surface area contributed by atoms with Crippen LogP contribution in [-0.2, 0) is 0 Å². The SMILES string of the molecule is CN(C)C1CCN(C(=O)c2cc(N)cc(Br)c2)CC1. The Labute approximate surface area is 122 Å². The van der Waals surface area contributed by atoms with Gasteiger partial charge < -0.3 is 15.5 Å². The van der Waals surface area contributed by atoms with Crippen molar-refractivity contribution in [2.75, 3.05) is 32.9 Å². The molecule has 0 radical (unpaired) electrons. The van der Waals surface area contributed by atoms with E-state index in [1.165, 1.54) is 0 Å². The summed E-state index contributed by atoms with van der Waals surface area (Å²) in [6.07, 6.45) is 2.06. The van der Waals surface area contributed by atoms with Crippen LogP contribution < -0.4 is 5.73 Å². The van der Waals surface area contributed by atoms with Crippen molar-refractivity contribution >= 4 is 27.5 Å². The van der Waals surface area contributed by atoms with Gasteiger partial charge in [0.25, 0.3) is 5.91 Å². The summed E-state index contributed by atoms with van der Waals surface area (Å²) in [6, 6.07) is 5.95. The van der Waals surface area contributed by atoms with E-state index in [1.54, 1.807) is 12.1 Å². The summed E-state index contributed by atoms with van der Waals surface area (Å²) >= 11 is 3.38. The summed E-state index contributed by atoms with van der Waals surface area (Å²) in [7, 11) is 4.19. The van der Waals surface area contributed by atoms with Crippen LogP contribution in [0.15, 0.2) is 22.7 Å². The molecule has 5 heteroatoms. The van der Waals surface area contributed by atoms with Gasteiger partial charge in [0.2, 0.25) is 0 Å². The minimum absolute atomic E-state index is 0.0743. The third kappa shape index (κ3) is 3.48. The Hall–Kier alpha value is -1.07. The number of carbonyl (C=O) groups is 1. The van der Waals surface area contributed by atoms with E-state index in [-0.39, 0.29) is 5.91 Å². The number of nitrogen functional groups attached to an aromatic ring is 1. The highest BCUT2D eigenvalue weighted by atomic mass is 79.9. The molecule has 0 aliphatic carbocycles. The van der Waals surface area contributed by atoms with Crippen LogP contribution >= 0.6 is 15.9 Å². The van der Waals surface area contributed by atoms with E-state index in [0.29, 0.717) is 17.3 Å². The van der Waals surface area contributed by atoms with Crippen LogP contribution in [0.5, 0.6) is 0 Å². The van der Waals surface area contributed by atoms with Gasteiger partial charge in [-0.05, 0) is 45.1 Å². The minimum Gasteiger partial charge on any atom is -0.399 e. The monoisotopic (exact) mass is 325 g/mol. The molecule has 1 fully saturated rings. The van der Waals surface area contributed by atoms with E-state index in [2.05, 4.69) is 34.9 Å². The van der Waals surface area contributed by atoms with Crippen molar-refractivity contribution < 1.29 is 4.79 Å². The van der Waals surface area contributed by atoms with Crippen LogP contribution in [0.4, 0.5) is 5.69 Å². The maximum absolute atomic E-state index is 12.4. The lowest BCUT2D eigenvalue weighted by molar-refractivity contribution is 0.0663. The molecule has 0 atom stereocenters. The third-order valence-electron chi connectivity index (χ3n) is 3.65. The molecule has 4 nitrogen and oxygen atoms in total. The Morgan fingerprint density at radius 1 is 1.32 bits per heavy atom. The Morgan fingerprint density at radius 3 is 2.47 bits per heavy atom. The molecule has 0 spiro atoms. The van der Waals surface area contributed by atoms with Gasteiger partial charge in [-0.1, -0.05) is 15.9 Å². The van der Waals surface area contributed by atoms with Crippen LogP contribution in [-0.4, -0.2) is 48.9 Å². The zero-order chi connectivity index (χ0) is 14.0. The van der Waals surface area contributed by atoms with E-state index in [4.69, 9.17) is 5.73 Å². The first-order chi connectivity index (χ1) is 8.97. The highest BCUT2D eigenvalue weighted by Gasteiger charge is 2.24. The molecule has 19 heavy (non-hydrogen) atoms. The van der Waals surface area contributed by atoms with Gasteiger partial charge in [0, 0.05) is 34.9 Å². The minimum atomic E-state index is 0.0743. The van der Waals surface area contributed by atoms with Gasteiger partial charge >= 0.3 is 0 Å². The maximum Gasteiger partial charge on any atom is 0.253 e. The molecule has 0 bridgehead atoms. The molecule has 1 heterocycles. The topological polar surface area (TPSA) is 49.6 Å². The molecule has 1 aromatic carbocycles. The standard InChI is InChI=1S/C14H20BrN3O/c1-17(2)13-3-5-18(6-4-13)14(19)10-7-11(15)9-12(16)8-10/h7-9,13H,3-6,16H2,1-2H3. The predicted molar refractivity (Wildman–Crippen MR) is 81.2 cm³/mol. The number of amides is 1. The molecule has 1 amide bonds. The van der Waals surface area contributed by atoms with Gasteiger partial charge in [-0.3, -0.25) is 4.79 Å². The molecular formula is C14H20BrN3O. The van der Waals surface area contributed by atoms with Crippen molar-refractivity contribution in [1.82, 2.24) is 9.80 Å². The van der Waals surface area contributed by atoms with Crippen LogP contribution in [0.2, 0.25) is 0 Å². The molecular weight excluding hydrogens is 306 g/mol. The van der Waals surface area contributed by atoms with E-state index in [9.17, 15) is 4.79 Å². The molecule has 2 rings (SSSR count). The molecule has 104 valence electrons. The Balaban J connectivity index is 2.05. The number of likely N-dealkylation sites (tertiary alicyclic amines) is 1. The Kier molecular flexibility index (Phi) is 4.47. The van der Waals surface area contributed by atoms with Crippen molar-refractivity contribution in [3.63, 3.8) is 0 Å². The van der Waals surface area contributed by atoms with Crippen molar-refractivity contribution in [2.24, 2.45) is 0 Å². The van der Waals surface area contributed by atoms with Gasteiger partial charge in [-0.2, -0.15) is 0 Å². The van der Waals surface area contributed by atoms with E-state index < -0.39 is 0 Å². The average molecular weight is 326 g/mol. The number of hydrogen-bond acceptors (Lipinski definition) is 3. The van der Waals surface area contributed by atoms with Gasteiger partial charge in [0.15, 0.2) is 0 Å². The smallest absolute Gasteiger partial charge is 0.253 e. The molecule has 1 aliphatic heterocycles. The van der Waals surface area contributed by atoms with Gasteiger partial charge in [0.05, 0.1) is 0 Å². The second-order valence-electron chi connectivity index (χ2n) is 5.26. The highest BCUT2D eigenvalue weighted by Crippen LogP contribution is 2.21. The average Bonchev–Trinajstić information content (AvgIpc) is 2.37. The highest BCUT2D eigenvalue weighted by molar-refractivity contribution is 9.10. The summed E-state index contributed by atoms with van der Waals surface area (Å²) in [6.45, 7) is 1.63. The Morgan fingerprint density at radius 2 is 1.95 bits per heavy atom. The first-order valence-electron chi connectivity index (χ1n) is 6.49. The molecule has 0 aromatic heterocycles. The fraction of sp³-hybridized carbons (Fsp3) is 0.500. The summed E-state index contributed by atoms with van der Waals surface area (Å²) in [5.74, 6) is 0.0743. The van der Waals surface area contributed by atoms with Crippen LogP contribution in [0.25, 0.3) is 0 Å². The first kappa shape index (κ1) is 14.3. The van der Waals surface area contributed by atoms with Crippen LogP contribution in [0.3, 0.4) is 0 Å². The summed E-state index contributed by atoms with van der Waals surface area (Å²) in [4.78, 5) is 16.6. The van der Waals surface area contributed by atoms with Crippen molar-refractivity contribution in [1.29, 1.82) is 0 Å². The maximum atomic E-state index is 12.4. The van der Waals surface area contributed by atoms with E-state index >= 15 is 0 Å². The molecule has 0 unspecified atom stereocenters. The number of nitrogens with zero attached hydrogens (tertiary/aromatic N) is 2. The number of piperidine rings is 1. The molecule has 1 aliphatic rings. The summed E-state index contributed by atoms with van der Waals surface area (Å²) in [5.41, 5.74) is 7.06. The molecule has 2 N–H and O–H groups in total. The second kappa shape index (κ2) is 5.92. The number of halogens is 1. The van der Waals surface area contributed by atoms with Gasteiger partial charge in [-0.15, -0.1) is 0 Å². The van der Waals surface area contributed by atoms with Gasteiger partial charge in [0.1, 0.15) is 0 Å². The predicted octanol–water partition coefficient (Wildman–Crippen LogP) is 2.20. The lowest BCUT2D eigenvalue weighted by Crippen LogP contribution is -2.44. The number of rotatable bonds is 2. The van der Waals surface area contributed by atoms with Gasteiger partial charge in [-0.25, -0.2) is 0 Å². The van der Waals surface area contributed by atoms with Crippen LogP contribution in [0, 0.1) is 0 Å².